The summed E-state index contributed by atoms with van der Waals surface area (Å²) in [7, 11) is -3.35. The van der Waals surface area contributed by atoms with Crippen LogP contribution in [0.25, 0.3) is 0 Å². The van der Waals surface area contributed by atoms with Crippen molar-refractivity contribution in [2.45, 2.75) is 62.9 Å². The Morgan fingerprint density at radius 1 is 1.23 bits per heavy atom. The van der Waals surface area contributed by atoms with E-state index in [4.69, 9.17) is 0 Å². The van der Waals surface area contributed by atoms with Crippen molar-refractivity contribution in [3.05, 3.63) is 24.3 Å². The molecule has 1 heterocycles. The zero-order chi connectivity index (χ0) is 22.3. The lowest BCUT2D eigenvalue weighted by atomic mass is 9.73. The molecule has 1 spiro atoms. The average Bonchev–Trinajstić information content (AvgIpc) is 2.89. The molecule has 1 N–H and O–H groups in total. The largest absolute Gasteiger partial charge is 0.325 e. The molecule has 30 heavy (non-hydrogen) atoms. The monoisotopic (exact) mass is 435 g/mol. The zero-order valence-electron chi connectivity index (χ0n) is 17.8. The topological polar surface area (TPSA) is 104 Å². The van der Waals surface area contributed by atoms with Crippen LogP contribution in [0.2, 0.25) is 0 Å². The van der Waals surface area contributed by atoms with E-state index in [1.54, 1.807) is 12.1 Å². The van der Waals surface area contributed by atoms with Crippen molar-refractivity contribution in [1.29, 1.82) is 0 Å². The molecule has 9 heteroatoms. The highest BCUT2D eigenvalue weighted by Gasteiger charge is 2.55. The van der Waals surface area contributed by atoms with Gasteiger partial charge in [-0.05, 0) is 56.9 Å². The van der Waals surface area contributed by atoms with Gasteiger partial charge in [-0.15, -0.1) is 0 Å². The molecular formula is C21H29N3O5S. The third-order valence-corrected chi connectivity index (χ3v) is 7.25. The van der Waals surface area contributed by atoms with Crippen LogP contribution in [0.5, 0.6) is 0 Å². The van der Waals surface area contributed by atoms with E-state index >= 15 is 0 Å². The van der Waals surface area contributed by atoms with Gasteiger partial charge in [0.2, 0.25) is 5.91 Å². The van der Waals surface area contributed by atoms with Crippen molar-refractivity contribution >= 4 is 33.4 Å². The second kappa shape index (κ2) is 8.02. The molecule has 4 amide bonds. The van der Waals surface area contributed by atoms with Gasteiger partial charge in [-0.25, -0.2) is 13.2 Å². The average molecular weight is 436 g/mol. The molecule has 3 rings (SSSR count). The summed E-state index contributed by atoms with van der Waals surface area (Å²) in [5, 5.41) is 2.86. The Kier molecular flexibility index (Phi) is 5.95. The number of sulfone groups is 1. The zero-order valence-corrected chi connectivity index (χ0v) is 18.7. The smallest absolute Gasteiger partial charge is 0.323 e. The first-order chi connectivity index (χ1) is 14.0. The summed E-state index contributed by atoms with van der Waals surface area (Å²) in [5.41, 5.74) is -0.398. The van der Waals surface area contributed by atoms with E-state index in [0.717, 1.165) is 30.4 Å². The fraction of sp³-hybridized carbons (Fsp3) is 0.571. The van der Waals surface area contributed by atoms with Crippen molar-refractivity contribution in [2.75, 3.05) is 17.7 Å². The third kappa shape index (κ3) is 3.95. The van der Waals surface area contributed by atoms with Gasteiger partial charge in [0, 0.05) is 18.0 Å². The van der Waals surface area contributed by atoms with E-state index in [2.05, 4.69) is 5.32 Å². The summed E-state index contributed by atoms with van der Waals surface area (Å²) in [6.45, 7) is 5.25. The number of carbonyl (C=O) groups is 3. The number of amides is 4. The lowest BCUT2D eigenvalue weighted by molar-refractivity contribution is -0.136. The van der Waals surface area contributed by atoms with E-state index in [1.807, 2.05) is 20.8 Å². The van der Waals surface area contributed by atoms with Crippen LogP contribution in [0.4, 0.5) is 10.5 Å². The molecule has 2 atom stereocenters. The minimum absolute atomic E-state index is 0.0209. The molecule has 2 fully saturated rings. The molecule has 1 aliphatic heterocycles. The molecule has 164 valence electrons. The Morgan fingerprint density at radius 3 is 2.40 bits per heavy atom. The molecule has 1 saturated heterocycles. The fourth-order valence-corrected chi connectivity index (χ4v) is 5.06. The number of carbonyl (C=O) groups excluding carboxylic acids is 3. The summed E-state index contributed by atoms with van der Waals surface area (Å²) in [4.78, 5) is 41.5. The Morgan fingerprint density at radius 2 is 1.87 bits per heavy atom. The molecular weight excluding hydrogens is 406 g/mol. The summed E-state index contributed by atoms with van der Waals surface area (Å²) in [6, 6.07) is 5.23. The van der Waals surface area contributed by atoms with Gasteiger partial charge in [0.05, 0.1) is 4.90 Å². The second-order valence-electron chi connectivity index (χ2n) is 8.56. The van der Waals surface area contributed by atoms with Crippen LogP contribution in [0.15, 0.2) is 29.2 Å². The lowest BCUT2D eigenvalue weighted by Crippen LogP contribution is -2.54. The summed E-state index contributed by atoms with van der Waals surface area (Å²) < 4.78 is 23.4. The van der Waals surface area contributed by atoms with Crippen molar-refractivity contribution in [3.63, 3.8) is 0 Å². The Bertz CT molecular complexity index is 957. The van der Waals surface area contributed by atoms with Gasteiger partial charge in [0.25, 0.3) is 5.91 Å². The van der Waals surface area contributed by atoms with E-state index in [0.29, 0.717) is 12.1 Å². The number of hydrogen-bond acceptors (Lipinski definition) is 5. The van der Waals surface area contributed by atoms with Crippen LogP contribution < -0.4 is 10.2 Å². The summed E-state index contributed by atoms with van der Waals surface area (Å²) >= 11 is 0. The molecule has 1 saturated carbocycles. The quantitative estimate of drug-likeness (QED) is 0.715. The highest BCUT2D eigenvalue weighted by molar-refractivity contribution is 7.90. The molecule has 1 aromatic carbocycles. The first-order valence-corrected chi connectivity index (χ1v) is 12.1. The summed E-state index contributed by atoms with van der Waals surface area (Å²) in [6.07, 6.45) is 4.45. The minimum atomic E-state index is -3.35. The van der Waals surface area contributed by atoms with Crippen LogP contribution >= 0.6 is 0 Å². The van der Waals surface area contributed by atoms with Crippen molar-refractivity contribution in [1.82, 2.24) is 10.2 Å². The van der Waals surface area contributed by atoms with Crippen LogP contribution in [0.3, 0.4) is 0 Å². The lowest BCUT2D eigenvalue weighted by Gasteiger charge is -2.37. The number of rotatable bonds is 5. The van der Waals surface area contributed by atoms with Gasteiger partial charge < -0.3 is 10.2 Å². The minimum Gasteiger partial charge on any atom is -0.323 e. The Hall–Kier alpha value is -2.42. The van der Waals surface area contributed by atoms with Crippen LogP contribution in [-0.2, 0) is 19.4 Å². The molecule has 0 bridgehead atoms. The number of hydrogen-bond donors (Lipinski definition) is 1. The number of benzene rings is 1. The van der Waals surface area contributed by atoms with Crippen LogP contribution in [0, 0.1) is 5.92 Å². The molecule has 0 radical (unpaired) electrons. The molecule has 2 unspecified atom stereocenters. The van der Waals surface area contributed by atoms with Crippen LogP contribution in [0.1, 0.15) is 46.5 Å². The fourth-order valence-electron chi connectivity index (χ4n) is 4.43. The first kappa shape index (κ1) is 22.3. The van der Waals surface area contributed by atoms with Gasteiger partial charge >= 0.3 is 6.03 Å². The van der Waals surface area contributed by atoms with E-state index in [9.17, 15) is 22.8 Å². The molecule has 2 aliphatic rings. The number of urea groups is 1. The number of nitrogens with one attached hydrogen (secondary N) is 1. The summed E-state index contributed by atoms with van der Waals surface area (Å²) in [5.74, 6) is -0.710. The van der Waals surface area contributed by atoms with Gasteiger partial charge in [-0.3, -0.25) is 14.5 Å². The van der Waals surface area contributed by atoms with Gasteiger partial charge in [0.1, 0.15) is 12.1 Å². The number of imide groups is 1. The molecule has 8 nitrogen and oxygen atoms in total. The normalized spacial score (nSPS) is 24.4. The third-order valence-electron chi connectivity index (χ3n) is 6.12. The first-order valence-electron chi connectivity index (χ1n) is 10.2. The molecule has 1 aromatic rings. The Labute approximate surface area is 177 Å². The van der Waals surface area contributed by atoms with Crippen molar-refractivity contribution < 1.29 is 22.8 Å². The van der Waals surface area contributed by atoms with Gasteiger partial charge in [-0.2, -0.15) is 0 Å². The predicted molar refractivity (Wildman–Crippen MR) is 113 cm³/mol. The Balaban J connectivity index is 1.82. The number of anilines is 1. The molecule has 1 aliphatic carbocycles. The number of nitrogens with zero attached hydrogens (tertiary/aromatic N) is 2. The van der Waals surface area contributed by atoms with E-state index in [-0.39, 0.29) is 29.3 Å². The highest BCUT2D eigenvalue weighted by atomic mass is 32.2. The second-order valence-corrected chi connectivity index (χ2v) is 10.6. The van der Waals surface area contributed by atoms with E-state index < -0.39 is 27.3 Å². The SMILES string of the molecule is CC(C)N(C(=O)CN1C(=O)NC2(CCCCC2C)C1=O)c1ccc(S(C)(=O)=O)cc1. The van der Waals surface area contributed by atoms with Crippen LogP contribution in [-0.4, -0.2) is 55.5 Å². The predicted octanol–water partition coefficient (Wildman–Crippen LogP) is 2.33. The van der Waals surface area contributed by atoms with E-state index in [1.165, 1.54) is 17.0 Å². The van der Waals surface area contributed by atoms with Crippen molar-refractivity contribution in [3.8, 4) is 0 Å². The van der Waals surface area contributed by atoms with Gasteiger partial charge in [-0.1, -0.05) is 19.8 Å². The van der Waals surface area contributed by atoms with Crippen molar-refractivity contribution in [2.24, 2.45) is 5.92 Å². The maximum atomic E-state index is 13.1. The highest BCUT2D eigenvalue weighted by Crippen LogP contribution is 2.38. The maximum absolute atomic E-state index is 13.1. The standard InChI is InChI=1S/C21H29N3O5S/c1-14(2)24(16-8-10-17(11-9-16)30(4,28)29)18(25)13-23-19(26)21(22-20(23)27)12-6-5-7-15(21)3/h8-11,14-15H,5-7,12-13H2,1-4H3,(H,22,27). The van der Waals surface area contributed by atoms with Gasteiger partial charge in [0.15, 0.2) is 9.84 Å². The molecule has 0 aromatic heterocycles. The maximum Gasteiger partial charge on any atom is 0.325 e.